The Morgan fingerprint density at radius 3 is 2.50 bits per heavy atom. The molecule has 22 heavy (non-hydrogen) atoms. The topological polar surface area (TPSA) is 34.0 Å². The van der Waals surface area contributed by atoms with Gasteiger partial charge in [0, 0.05) is 31.2 Å². The first-order valence-corrected chi connectivity index (χ1v) is 8.36. The second-order valence-corrected chi connectivity index (χ2v) is 6.64. The summed E-state index contributed by atoms with van der Waals surface area (Å²) in [6, 6.07) is 6.89. The summed E-state index contributed by atoms with van der Waals surface area (Å²) in [6.07, 6.45) is 9.50. The monoisotopic (exact) mass is 298 g/mol. The molecule has 0 amide bonds. The molecule has 4 heteroatoms. The Kier molecular flexibility index (Phi) is 4.88. The second-order valence-electron chi connectivity index (χ2n) is 6.64. The summed E-state index contributed by atoms with van der Waals surface area (Å²) in [4.78, 5) is 6.67. The maximum Gasteiger partial charge on any atom is 0.0527 e. The minimum absolute atomic E-state index is 0.439. The molecule has 1 aliphatic heterocycles. The number of nitrogens with zero attached hydrogens (tertiary/aromatic N) is 4. The largest absolute Gasteiger partial charge is 0.298 e. The van der Waals surface area contributed by atoms with E-state index < -0.39 is 0 Å². The lowest BCUT2D eigenvalue weighted by Crippen LogP contribution is -2.34. The molecule has 0 saturated carbocycles. The van der Waals surface area contributed by atoms with E-state index in [9.17, 15) is 0 Å². The van der Waals surface area contributed by atoms with E-state index in [2.05, 4.69) is 51.7 Å². The third-order valence-electron chi connectivity index (χ3n) is 4.61. The minimum atomic E-state index is 0.439. The van der Waals surface area contributed by atoms with Crippen molar-refractivity contribution >= 4 is 0 Å². The van der Waals surface area contributed by atoms with Crippen molar-refractivity contribution in [3.05, 3.63) is 48.0 Å². The van der Waals surface area contributed by atoms with Gasteiger partial charge in [-0.2, -0.15) is 5.10 Å². The molecule has 0 N–H and O–H groups in total. The van der Waals surface area contributed by atoms with Gasteiger partial charge in [0.25, 0.3) is 0 Å². The number of piperidine rings is 1. The van der Waals surface area contributed by atoms with Crippen molar-refractivity contribution in [2.45, 2.75) is 45.7 Å². The van der Waals surface area contributed by atoms with Crippen LogP contribution in [0.25, 0.3) is 0 Å². The van der Waals surface area contributed by atoms with Gasteiger partial charge in [-0.05, 0) is 75.9 Å². The average Bonchev–Trinajstić information content (AvgIpc) is 2.99. The number of rotatable bonds is 5. The molecule has 0 aromatic carbocycles. The van der Waals surface area contributed by atoms with Crippen LogP contribution in [0.2, 0.25) is 0 Å². The van der Waals surface area contributed by atoms with E-state index in [1.807, 2.05) is 18.6 Å². The van der Waals surface area contributed by atoms with Crippen LogP contribution in [0.3, 0.4) is 0 Å². The molecule has 0 radical (unpaired) electrons. The summed E-state index contributed by atoms with van der Waals surface area (Å²) in [5, 5.41) is 4.44. The molecule has 0 unspecified atom stereocenters. The first-order chi connectivity index (χ1) is 10.7. The van der Waals surface area contributed by atoms with E-state index >= 15 is 0 Å². The van der Waals surface area contributed by atoms with Gasteiger partial charge < -0.3 is 0 Å². The number of likely N-dealkylation sites (tertiary alicyclic amines) is 1. The minimum Gasteiger partial charge on any atom is -0.298 e. The highest BCUT2D eigenvalue weighted by Crippen LogP contribution is 2.23. The predicted octanol–water partition coefficient (Wildman–Crippen LogP) is 3.31. The van der Waals surface area contributed by atoms with Crippen molar-refractivity contribution in [2.75, 3.05) is 13.1 Å². The Labute approximate surface area is 133 Å². The molecule has 2 aromatic heterocycles. The van der Waals surface area contributed by atoms with Crippen LogP contribution >= 0.6 is 0 Å². The van der Waals surface area contributed by atoms with Gasteiger partial charge in [-0.15, -0.1) is 0 Å². The molecule has 1 fully saturated rings. The molecular weight excluding hydrogens is 272 g/mol. The summed E-state index contributed by atoms with van der Waals surface area (Å²) in [6.45, 7) is 7.80. The summed E-state index contributed by atoms with van der Waals surface area (Å²) in [5.74, 6) is 0.814. The fourth-order valence-electron chi connectivity index (χ4n) is 3.36. The van der Waals surface area contributed by atoms with Gasteiger partial charge in [0.15, 0.2) is 0 Å². The Balaban J connectivity index is 1.50. The molecule has 2 aromatic rings. The lowest BCUT2D eigenvalue weighted by Gasteiger charge is -2.32. The third kappa shape index (κ3) is 3.74. The molecule has 0 bridgehead atoms. The van der Waals surface area contributed by atoms with Gasteiger partial charge in [0.2, 0.25) is 0 Å². The Morgan fingerprint density at radius 2 is 1.82 bits per heavy atom. The number of aromatic nitrogens is 3. The van der Waals surface area contributed by atoms with Crippen LogP contribution < -0.4 is 0 Å². The number of hydrogen-bond donors (Lipinski definition) is 0. The van der Waals surface area contributed by atoms with Gasteiger partial charge in [-0.25, -0.2) is 0 Å². The van der Waals surface area contributed by atoms with Gasteiger partial charge in [-0.1, -0.05) is 0 Å². The van der Waals surface area contributed by atoms with Crippen LogP contribution in [-0.2, 0) is 13.0 Å². The molecule has 3 heterocycles. The SMILES string of the molecule is CC(C)n1nccc1CN1CCC(Cc2ccncc2)CC1. The molecule has 0 spiro atoms. The summed E-state index contributed by atoms with van der Waals surface area (Å²) in [5.41, 5.74) is 2.76. The van der Waals surface area contributed by atoms with E-state index in [1.54, 1.807) is 0 Å². The van der Waals surface area contributed by atoms with Crippen molar-refractivity contribution in [1.29, 1.82) is 0 Å². The van der Waals surface area contributed by atoms with E-state index in [0.717, 1.165) is 12.5 Å². The van der Waals surface area contributed by atoms with Crippen molar-refractivity contribution in [1.82, 2.24) is 19.7 Å². The summed E-state index contributed by atoms with van der Waals surface area (Å²) < 4.78 is 2.14. The van der Waals surface area contributed by atoms with Crippen LogP contribution in [0.4, 0.5) is 0 Å². The van der Waals surface area contributed by atoms with Crippen molar-refractivity contribution in [2.24, 2.45) is 5.92 Å². The van der Waals surface area contributed by atoms with Gasteiger partial charge >= 0.3 is 0 Å². The van der Waals surface area contributed by atoms with E-state index in [-0.39, 0.29) is 0 Å². The summed E-state index contributed by atoms with van der Waals surface area (Å²) in [7, 11) is 0. The standard InChI is InChI=1S/C18H26N4/c1-15(2)22-18(5-10-20-22)14-21-11-6-17(7-12-21)13-16-3-8-19-9-4-16/h3-5,8-10,15,17H,6-7,11-14H2,1-2H3. The normalized spacial score (nSPS) is 17.2. The van der Waals surface area contributed by atoms with Crippen LogP contribution in [0.15, 0.2) is 36.8 Å². The van der Waals surface area contributed by atoms with Gasteiger partial charge in [-0.3, -0.25) is 14.6 Å². The van der Waals surface area contributed by atoms with Gasteiger partial charge in [0.1, 0.15) is 0 Å². The van der Waals surface area contributed by atoms with E-state index in [1.165, 1.54) is 43.6 Å². The molecular formula is C18H26N4. The molecule has 1 aliphatic rings. The lowest BCUT2D eigenvalue weighted by molar-refractivity contribution is 0.172. The maximum absolute atomic E-state index is 4.44. The summed E-state index contributed by atoms with van der Waals surface area (Å²) >= 11 is 0. The van der Waals surface area contributed by atoms with Crippen molar-refractivity contribution in [3.63, 3.8) is 0 Å². The zero-order valence-corrected chi connectivity index (χ0v) is 13.7. The zero-order chi connectivity index (χ0) is 15.4. The van der Waals surface area contributed by atoms with Crippen molar-refractivity contribution < 1.29 is 0 Å². The zero-order valence-electron chi connectivity index (χ0n) is 13.7. The second kappa shape index (κ2) is 7.05. The van der Waals surface area contributed by atoms with E-state index in [4.69, 9.17) is 0 Å². The fourth-order valence-corrected chi connectivity index (χ4v) is 3.36. The highest BCUT2D eigenvalue weighted by atomic mass is 15.3. The maximum atomic E-state index is 4.44. The average molecular weight is 298 g/mol. The van der Waals surface area contributed by atoms with Crippen LogP contribution in [-0.4, -0.2) is 32.8 Å². The lowest BCUT2D eigenvalue weighted by atomic mass is 9.90. The molecule has 118 valence electrons. The third-order valence-corrected chi connectivity index (χ3v) is 4.61. The molecule has 4 nitrogen and oxygen atoms in total. The molecule has 0 aliphatic carbocycles. The van der Waals surface area contributed by atoms with Crippen LogP contribution in [0.5, 0.6) is 0 Å². The first-order valence-electron chi connectivity index (χ1n) is 8.36. The molecule has 3 rings (SSSR count). The number of hydrogen-bond acceptors (Lipinski definition) is 3. The first kappa shape index (κ1) is 15.2. The predicted molar refractivity (Wildman–Crippen MR) is 88.6 cm³/mol. The van der Waals surface area contributed by atoms with Gasteiger partial charge in [0.05, 0.1) is 5.69 Å². The van der Waals surface area contributed by atoms with Crippen molar-refractivity contribution in [3.8, 4) is 0 Å². The highest BCUT2D eigenvalue weighted by molar-refractivity contribution is 5.10. The van der Waals surface area contributed by atoms with Crippen LogP contribution in [0, 0.1) is 5.92 Å². The fraction of sp³-hybridized carbons (Fsp3) is 0.556. The van der Waals surface area contributed by atoms with Crippen LogP contribution in [0.1, 0.15) is 44.0 Å². The Hall–Kier alpha value is -1.68. The number of pyridine rings is 1. The van der Waals surface area contributed by atoms with E-state index in [0.29, 0.717) is 6.04 Å². The molecule has 1 saturated heterocycles. The smallest absolute Gasteiger partial charge is 0.0527 e. The Bertz CT molecular complexity index is 568. The molecule has 0 atom stereocenters. The highest BCUT2D eigenvalue weighted by Gasteiger charge is 2.20. The Morgan fingerprint density at radius 1 is 1.09 bits per heavy atom. The quantitative estimate of drug-likeness (QED) is 0.849.